The summed E-state index contributed by atoms with van der Waals surface area (Å²) in [5, 5.41) is 0. The number of likely N-dealkylation sites (tertiary alicyclic amines) is 1. The van der Waals surface area contributed by atoms with Crippen molar-refractivity contribution in [3.8, 4) is 0 Å². The van der Waals surface area contributed by atoms with Gasteiger partial charge >= 0.3 is 0 Å². The number of rotatable bonds is 8. The topological polar surface area (TPSA) is 37.7 Å². The van der Waals surface area contributed by atoms with Crippen molar-refractivity contribution in [2.75, 3.05) is 38.3 Å². The van der Waals surface area contributed by atoms with Crippen molar-refractivity contribution >= 4 is 11.6 Å². The van der Waals surface area contributed by atoms with Gasteiger partial charge in [0.05, 0.1) is 12.1 Å². The van der Waals surface area contributed by atoms with Crippen LogP contribution in [0.1, 0.15) is 31.9 Å². The van der Waals surface area contributed by atoms with E-state index in [0.29, 0.717) is 13.0 Å². The molecule has 1 aromatic heterocycles. The average Bonchev–Trinajstić information content (AvgIpc) is 3.13. The van der Waals surface area contributed by atoms with Gasteiger partial charge in [0.25, 0.3) is 0 Å². The predicted molar refractivity (Wildman–Crippen MR) is 114 cm³/mol. The molecule has 1 aliphatic rings. The van der Waals surface area contributed by atoms with Crippen LogP contribution in [0.25, 0.3) is 0 Å². The largest absolute Gasteiger partial charge is 0.382 e. The molecule has 0 radical (unpaired) electrons. The predicted octanol–water partition coefficient (Wildman–Crippen LogP) is 3.49. The third-order valence-electron chi connectivity index (χ3n) is 5.98. The van der Waals surface area contributed by atoms with Gasteiger partial charge in [0.15, 0.2) is 0 Å². The van der Waals surface area contributed by atoms with Crippen LogP contribution in [0.15, 0.2) is 48.7 Å². The summed E-state index contributed by atoms with van der Waals surface area (Å²) in [5.74, 6) is 0.167. The van der Waals surface area contributed by atoms with E-state index in [1.165, 1.54) is 5.69 Å². The van der Waals surface area contributed by atoms with E-state index in [-0.39, 0.29) is 11.4 Å². The van der Waals surface area contributed by atoms with Crippen LogP contribution in [-0.4, -0.2) is 54.3 Å². The Kier molecular flexibility index (Phi) is 6.92. The molecule has 1 aromatic carbocycles. The van der Waals surface area contributed by atoms with Gasteiger partial charge in [-0.2, -0.15) is 0 Å². The summed E-state index contributed by atoms with van der Waals surface area (Å²) >= 11 is 0. The van der Waals surface area contributed by atoms with Gasteiger partial charge in [0.2, 0.25) is 5.91 Å². The normalized spacial score (nSPS) is 16.8. The van der Waals surface area contributed by atoms with Gasteiger partial charge in [-0.25, -0.2) is 0 Å². The lowest BCUT2D eigenvalue weighted by molar-refractivity contribution is -0.120. The van der Waals surface area contributed by atoms with Crippen molar-refractivity contribution in [1.82, 2.24) is 9.47 Å². The highest BCUT2D eigenvalue weighted by atomic mass is 16.5. The number of amides is 1. The van der Waals surface area contributed by atoms with E-state index in [1.54, 1.807) is 7.11 Å². The number of benzene rings is 1. The molecule has 0 spiro atoms. The maximum absolute atomic E-state index is 12.9. The fourth-order valence-electron chi connectivity index (χ4n) is 4.34. The minimum absolute atomic E-state index is 0.167. The third kappa shape index (κ3) is 4.47. The molecule has 5 nitrogen and oxygen atoms in total. The minimum atomic E-state index is -0.273. The molecule has 2 heterocycles. The van der Waals surface area contributed by atoms with Crippen LogP contribution < -0.4 is 4.90 Å². The number of ether oxygens (including phenoxy) is 1. The van der Waals surface area contributed by atoms with Crippen molar-refractivity contribution in [1.29, 1.82) is 0 Å². The number of anilines is 1. The Bertz CT molecular complexity index is 748. The van der Waals surface area contributed by atoms with Crippen LogP contribution in [0.5, 0.6) is 0 Å². The highest BCUT2D eigenvalue weighted by molar-refractivity contribution is 5.94. The van der Waals surface area contributed by atoms with Gasteiger partial charge in [-0.3, -0.25) is 4.79 Å². The third-order valence-corrected chi connectivity index (χ3v) is 5.98. The summed E-state index contributed by atoms with van der Waals surface area (Å²) in [7, 11) is 3.84. The summed E-state index contributed by atoms with van der Waals surface area (Å²) in [5.41, 5.74) is 2.06. The van der Waals surface area contributed by atoms with Crippen LogP contribution in [-0.2, 0) is 23.0 Å². The lowest BCUT2D eigenvalue weighted by Gasteiger charge is -2.48. The summed E-state index contributed by atoms with van der Waals surface area (Å²) in [6.45, 7) is 5.52. The second-order valence-corrected chi connectivity index (χ2v) is 7.78. The van der Waals surface area contributed by atoms with Crippen molar-refractivity contribution in [3.05, 3.63) is 54.4 Å². The van der Waals surface area contributed by atoms with Gasteiger partial charge in [0.1, 0.15) is 0 Å². The van der Waals surface area contributed by atoms with E-state index in [4.69, 9.17) is 4.74 Å². The van der Waals surface area contributed by atoms with E-state index in [1.807, 2.05) is 42.2 Å². The van der Waals surface area contributed by atoms with E-state index in [9.17, 15) is 4.79 Å². The molecule has 152 valence electrons. The van der Waals surface area contributed by atoms with E-state index in [2.05, 4.69) is 34.8 Å². The molecular weight excluding hydrogens is 350 g/mol. The van der Waals surface area contributed by atoms with Gasteiger partial charge in [0, 0.05) is 64.2 Å². The lowest BCUT2D eigenvalue weighted by Crippen LogP contribution is -2.60. The molecule has 0 unspecified atom stereocenters. The molecule has 1 fully saturated rings. The van der Waals surface area contributed by atoms with Crippen LogP contribution in [0.4, 0.5) is 5.69 Å². The quantitative estimate of drug-likeness (QED) is 0.700. The van der Waals surface area contributed by atoms with Gasteiger partial charge in [-0.1, -0.05) is 25.1 Å². The maximum atomic E-state index is 12.9. The Hall–Kier alpha value is -2.11. The van der Waals surface area contributed by atoms with Crippen LogP contribution >= 0.6 is 0 Å². The minimum Gasteiger partial charge on any atom is -0.382 e. The zero-order valence-corrected chi connectivity index (χ0v) is 17.4. The molecule has 0 saturated carbocycles. The monoisotopic (exact) mass is 383 g/mol. The molecule has 3 rings (SSSR count). The van der Waals surface area contributed by atoms with Gasteiger partial charge < -0.3 is 19.1 Å². The second-order valence-electron chi connectivity index (χ2n) is 7.78. The molecule has 0 aliphatic carbocycles. The van der Waals surface area contributed by atoms with Crippen LogP contribution in [0.3, 0.4) is 0 Å². The second kappa shape index (κ2) is 9.39. The molecule has 1 aliphatic heterocycles. The number of hydrogen-bond acceptors (Lipinski definition) is 3. The summed E-state index contributed by atoms with van der Waals surface area (Å²) in [4.78, 5) is 17.5. The molecule has 1 saturated heterocycles. The smallest absolute Gasteiger partial charge is 0.227 e. The number of piperidine rings is 1. The highest BCUT2D eigenvalue weighted by Crippen LogP contribution is 2.34. The molecule has 0 bridgehead atoms. The Balaban J connectivity index is 1.73. The summed E-state index contributed by atoms with van der Waals surface area (Å²) < 4.78 is 7.83. The first kappa shape index (κ1) is 20.6. The zero-order valence-electron chi connectivity index (χ0n) is 17.4. The van der Waals surface area contributed by atoms with Crippen molar-refractivity contribution < 1.29 is 9.53 Å². The van der Waals surface area contributed by atoms with Gasteiger partial charge in [-0.05, 0) is 37.1 Å². The SMILES string of the molecule is CCC(=O)N(c1ccccc1)C1(COC)CCN(CCc2cccn2C)CC1. The fourth-order valence-corrected chi connectivity index (χ4v) is 4.34. The Morgan fingerprint density at radius 2 is 1.86 bits per heavy atom. The number of para-hydroxylation sites is 1. The number of hydrogen-bond donors (Lipinski definition) is 0. The van der Waals surface area contributed by atoms with Gasteiger partial charge in [-0.15, -0.1) is 0 Å². The molecule has 0 N–H and O–H groups in total. The van der Waals surface area contributed by atoms with E-state index >= 15 is 0 Å². The first-order valence-corrected chi connectivity index (χ1v) is 10.3. The first-order chi connectivity index (χ1) is 13.6. The average molecular weight is 384 g/mol. The van der Waals surface area contributed by atoms with Crippen molar-refractivity contribution in [2.24, 2.45) is 7.05 Å². The maximum Gasteiger partial charge on any atom is 0.227 e. The summed E-state index contributed by atoms with van der Waals surface area (Å²) in [6, 6.07) is 14.4. The number of aryl methyl sites for hydroxylation is 1. The Morgan fingerprint density at radius 1 is 1.14 bits per heavy atom. The number of nitrogens with zero attached hydrogens (tertiary/aromatic N) is 3. The molecule has 2 aromatic rings. The molecule has 5 heteroatoms. The van der Waals surface area contributed by atoms with Crippen LogP contribution in [0, 0.1) is 0 Å². The standard InChI is InChI=1S/C23H33N3O2/c1-4-22(27)26(21-9-6-5-7-10-21)23(19-28-3)13-17-25(18-14-23)16-12-20-11-8-15-24(20)2/h5-11,15H,4,12-14,16-19H2,1-3H3. The van der Waals surface area contributed by atoms with E-state index < -0.39 is 0 Å². The highest BCUT2D eigenvalue weighted by Gasteiger charge is 2.42. The fraction of sp³-hybridized carbons (Fsp3) is 0.522. The number of methoxy groups -OCH3 is 1. The number of carbonyl (C=O) groups is 1. The Morgan fingerprint density at radius 3 is 2.43 bits per heavy atom. The summed E-state index contributed by atoms with van der Waals surface area (Å²) in [6.07, 6.45) is 5.50. The van der Waals surface area contributed by atoms with Crippen LogP contribution in [0.2, 0.25) is 0 Å². The Labute approximate surface area is 168 Å². The first-order valence-electron chi connectivity index (χ1n) is 10.3. The molecule has 28 heavy (non-hydrogen) atoms. The molecule has 0 atom stereocenters. The lowest BCUT2D eigenvalue weighted by atomic mass is 9.85. The number of aromatic nitrogens is 1. The zero-order chi connectivity index (χ0) is 20.0. The molecule has 1 amide bonds. The molecular formula is C23H33N3O2. The van der Waals surface area contributed by atoms with Crippen molar-refractivity contribution in [2.45, 2.75) is 38.1 Å². The van der Waals surface area contributed by atoms with Crippen molar-refractivity contribution in [3.63, 3.8) is 0 Å². The van der Waals surface area contributed by atoms with E-state index in [0.717, 1.165) is 44.6 Å². The number of carbonyl (C=O) groups excluding carboxylic acids is 1.